The third-order valence-electron chi connectivity index (χ3n) is 5.84. The van der Waals surface area contributed by atoms with E-state index in [0.29, 0.717) is 0 Å². The zero-order valence-electron chi connectivity index (χ0n) is 17.8. The molecule has 0 aliphatic carbocycles. The molecule has 1 unspecified atom stereocenters. The predicted octanol–water partition coefficient (Wildman–Crippen LogP) is 4.83. The number of nitrogens with zero attached hydrogens (tertiary/aromatic N) is 4. The number of piperazine rings is 1. The highest BCUT2D eigenvalue weighted by molar-refractivity contribution is 5.99. The van der Waals surface area contributed by atoms with Crippen LogP contribution < -0.4 is 15.5 Å². The van der Waals surface area contributed by atoms with Crippen LogP contribution in [-0.2, 0) is 0 Å². The second-order valence-corrected chi connectivity index (χ2v) is 7.95. The molecule has 0 bridgehead atoms. The Morgan fingerprint density at radius 2 is 1.84 bits per heavy atom. The fourth-order valence-electron chi connectivity index (χ4n) is 4.18. The van der Waals surface area contributed by atoms with Crippen LogP contribution in [0.5, 0.6) is 0 Å². The Labute approximate surface area is 190 Å². The zero-order valence-corrected chi connectivity index (χ0v) is 17.8. The average molecular weight is 434 g/mol. The molecular weight excluding hydrogens is 402 g/mol. The van der Waals surface area contributed by atoms with Crippen LogP contribution >= 0.6 is 0 Å². The van der Waals surface area contributed by atoms with Gasteiger partial charge in [-0.05, 0) is 42.9 Å². The van der Waals surface area contributed by atoms with Crippen molar-refractivity contribution in [2.45, 2.75) is 6.04 Å². The summed E-state index contributed by atoms with van der Waals surface area (Å²) in [6.07, 6.45) is 3.50. The second kappa shape index (κ2) is 8.68. The standard InChI is InChI=1S/C24H25N7O.3H2/c1-30-12-13-31(23-20-10-11-25-22(20)26-16-27-23)15-21(30)17-6-5-9-19(14-17)29-24(32)28-18-7-3-2-4-8-18;;;/h2-11,14,16,21H,12-13,15H2,1H3,(H,25,26,27)(H2,28,29,32);3*1H. The van der Waals surface area contributed by atoms with Crippen LogP contribution in [0, 0.1) is 0 Å². The van der Waals surface area contributed by atoms with Crippen LogP contribution in [0.25, 0.3) is 11.0 Å². The van der Waals surface area contributed by atoms with Crippen molar-refractivity contribution in [2.75, 3.05) is 42.2 Å². The molecule has 1 aliphatic rings. The minimum Gasteiger partial charge on any atom is -0.353 e. The van der Waals surface area contributed by atoms with E-state index in [1.807, 2.05) is 60.8 Å². The summed E-state index contributed by atoms with van der Waals surface area (Å²) >= 11 is 0. The topological polar surface area (TPSA) is 89.2 Å². The van der Waals surface area contributed by atoms with E-state index < -0.39 is 0 Å². The first-order chi connectivity index (χ1) is 15.7. The number of aromatic nitrogens is 3. The highest BCUT2D eigenvalue weighted by Crippen LogP contribution is 2.30. The lowest BCUT2D eigenvalue weighted by Gasteiger charge is -2.40. The molecule has 3 heterocycles. The van der Waals surface area contributed by atoms with Gasteiger partial charge in [0.25, 0.3) is 0 Å². The van der Waals surface area contributed by atoms with E-state index in [2.05, 4.69) is 48.5 Å². The van der Waals surface area contributed by atoms with Crippen LogP contribution in [0.15, 0.2) is 73.2 Å². The Hall–Kier alpha value is -3.91. The number of urea groups is 1. The molecule has 2 amide bonds. The number of nitrogens with one attached hydrogen (secondary N) is 3. The van der Waals surface area contributed by atoms with E-state index >= 15 is 0 Å². The van der Waals surface area contributed by atoms with Gasteiger partial charge in [-0.1, -0.05) is 30.3 Å². The van der Waals surface area contributed by atoms with E-state index in [4.69, 9.17) is 0 Å². The number of fused-ring (bicyclic) bond motifs is 1. The van der Waals surface area contributed by atoms with Crippen LogP contribution in [0.4, 0.5) is 22.0 Å². The highest BCUT2D eigenvalue weighted by atomic mass is 16.2. The molecule has 1 fully saturated rings. The van der Waals surface area contributed by atoms with Crippen molar-refractivity contribution in [1.82, 2.24) is 19.9 Å². The summed E-state index contributed by atoms with van der Waals surface area (Å²) in [6, 6.07) is 19.4. The number of rotatable bonds is 4. The first-order valence-corrected chi connectivity index (χ1v) is 10.6. The molecule has 168 valence electrons. The summed E-state index contributed by atoms with van der Waals surface area (Å²) in [7, 11) is 2.14. The first-order valence-electron chi connectivity index (χ1n) is 10.6. The maximum absolute atomic E-state index is 12.4. The van der Waals surface area contributed by atoms with Crippen molar-refractivity contribution in [2.24, 2.45) is 0 Å². The molecule has 32 heavy (non-hydrogen) atoms. The Balaban J connectivity index is 0.00000144. The minimum absolute atomic E-state index is 0. The molecule has 1 saturated heterocycles. The highest BCUT2D eigenvalue weighted by Gasteiger charge is 2.27. The monoisotopic (exact) mass is 433 g/mol. The Morgan fingerprint density at radius 3 is 2.72 bits per heavy atom. The normalized spacial score (nSPS) is 16.8. The van der Waals surface area contributed by atoms with Crippen molar-refractivity contribution in [3.05, 3.63) is 78.8 Å². The SMILES string of the molecule is CN1CCN(c2ncnc3[nH]ccc23)CC1c1cccc(NC(=O)Nc2ccccc2)c1.[HH].[HH].[HH]. The lowest BCUT2D eigenvalue weighted by molar-refractivity contribution is 0.221. The Morgan fingerprint density at radius 1 is 1.03 bits per heavy atom. The second-order valence-electron chi connectivity index (χ2n) is 7.95. The lowest BCUT2D eigenvalue weighted by Crippen LogP contribution is -2.47. The van der Waals surface area contributed by atoms with Crippen molar-refractivity contribution in [3.8, 4) is 0 Å². The molecule has 2 aromatic carbocycles. The van der Waals surface area contributed by atoms with Gasteiger partial charge in [0.05, 0.1) is 11.4 Å². The number of amides is 2. The molecule has 0 radical (unpaired) electrons. The summed E-state index contributed by atoms with van der Waals surface area (Å²) in [5, 5.41) is 6.83. The Bertz CT molecular complexity index is 1240. The fourth-order valence-corrected chi connectivity index (χ4v) is 4.18. The molecule has 8 nitrogen and oxygen atoms in total. The van der Waals surface area contributed by atoms with E-state index in [-0.39, 0.29) is 16.4 Å². The van der Waals surface area contributed by atoms with Crippen LogP contribution in [0.2, 0.25) is 0 Å². The number of anilines is 3. The van der Waals surface area contributed by atoms with Gasteiger partial charge in [0.15, 0.2) is 0 Å². The van der Waals surface area contributed by atoms with E-state index in [1.54, 1.807) is 6.33 Å². The number of para-hydroxylation sites is 1. The molecule has 2 aromatic heterocycles. The summed E-state index contributed by atoms with van der Waals surface area (Å²) < 4.78 is 0. The molecule has 0 saturated carbocycles. The quantitative estimate of drug-likeness (QED) is 0.429. The van der Waals surface area contributed by atoms with Gasteiger partial charge in [-0.15, -0.1) is 0 Å². The molecule has 0 spiro atoms. The van der Waals surface area contributed by atoms with Gasteiger partial charge in [0.1, 0.15) is 17.8 Å². The number of benzene rings is 2. The van der Waals surface area contributed by atoms with Crippen molar-refractivity contribution in [1.29, 1.82) is 0 Å². The van der Waals surface area contributed by atoms with Gasteiger partial charge in [-0.25, -0.2) is 14.8 Å². The van der Waals surface area contributed by atoms with Gasteiger partial charge in [0.2, 0.25) is 0 Å². The summed E-state index contributed by atoms with van der Waals surface area (Å²) in [6.45, 7) is 2.60. The molecule has 4 aromatic rings. The molecule has 3 N–H and O–H groups in total. The third kappa shape index (κ3) is 4.13. The number of carbonyl (C=O) groups excluding carboxylic acids is 1. The number of likely N-dealkylation sites (N-methyl/N-ethyl adjacent to an activating group) is 1. The van der Waals surface area contributed by atoms with Gasteiger partial charge >= 0.3 is 6.03 Å². The first kappa shape index (κ1) is 20.0. The predicted molar refractivity (Wildman–Crippen MR) is 133 cm³/mol. The maximum atomic E-state index is 12.4. The summed E-state index contributed by atoms with van der Waals surface area (Å²) in [4.78, 5) is 29.1. The van der Waals surface area contributed by atoms with Crippen molar-refractivity contribution in [3.63, 3.8) is 0 Å². The summed E-state index contributed by atoms with van der Waals surface area (Å²) in [5.74, 6) is 0.950. The molecule has 8 heteroatoms. The van der Waals surface area contributed by atoms with Crippen molar-refractivity contribution >= 4 is 34.3 Å². The van der Waals surface area contributed by atoms with E-state index in [1.165, 1.54) is 0 Å². The van der Waals surface area contributed by atoms with Crippen LogP contribution in [-0.4, -0.2) is 52.6 Å². The molecular formula is C24H31N7O. The van der Waals surface area contributed by atoms with Gasteiger partial charge in [0, 0.05) is 41.5 Å². The number of H-pyrrole nitrogens is 1. The van der Waals surface area contributed by atoms with Gasteiger partial charge < -0.3 is 20.5 Å². The lowest BCUT2D eigenvalue weighted by atomic mass is 10.0. The minimum atomic E-state index is -0.261. The average Bonchev–Trinajstić information content (AvgIpc) is 3.29. The molecule has 1 aliphatic heterocycles. The van der Waals surface area contributed by atoms with Gasteiger partial charge in [-0.3, -0.25) is 4.90 Å². The fraction of sp³-hybridized carbons (Fsp3) is 0.208. The van der Waals surface area contributed by atoms with Crippen LogP contribution in [0.1, 0.15) is 15.9 Å². The third-order valence-corrected chi connectivity index (χ3v) is 5.84. The largest absolute Gasteiger partial charge is 0.353 e. The van der Waals surface area contributed by atoms with Crippen LogP contribution in [0.3, 0.4) is 0 Å². The van der Waals surface area contributed by atoms with Gasteiger partial charge in [-0.2, -0.15) is 0 Å². The van der Waals surface area contributed by atoms with E-state index in [0.717, 1.165) is 53.4 Å². The number of carbonyl (C=O) groups is 1. The number of hydrogen-bond donors (Lipinski definition) is 3. The number of aromatic amines is 1. The zero-order chi connectivity index (χ0) is 21.9. The smallest absolute Gasteiger partial charge is 0.323 e. The van der Waals surface area contributed by atoms with Crippen molar-refractivity contribution < 1.29 is 9.07 Å². The maximum Gasteiger partial charge on any atom is 0.323 e. The van der Waals surface area contributed by atoms with E-state index in [9.17, 15) is 4.79 Å². The molecule has 1 atom stereocenters. The summed E-state index contributed by atoms with van der Waals surface area (Å²) in [5.41, 5.74) is 3.51. The molecule has 5 rings (SSSR count). The number of hydrogen-bond acceptors (Lipinski definition) is 5. The Kier molecular flexibility index (Phi) is 5.43.